The summed E-state index contributed by atoms with van der Waals surface area (Å²) >= 11 is 3.75. The van der Waals surface area contributed by atoms with Crippen molar-refractivity contribution in [1.29, 1.82) is 0 Å². The summed E-state index contributed by atoms with van der Waals surface area (Å²) < 4.78 is 5.48. The molecular formula is C17H28BrNO. The van der Waals surface area contributed by atoms with Crippen LogP contribution in [0.25, 0.3) is 0 Å². The second kappa shape index (κ2) is 8.56. The molecule has 0 unspecified atom stereocenters. The first kappa shape index (κ1) is 17.4. The molecule has 0 bridgehead atoms. The Morgan fingerprint density at radius 1 is 1.15 bits per heavy atom. The fraction of sp³-hybridized carbons (Fsp3) is 0.647. The second-order valence-corrected chi connectivity index (χ2v) is 6.22. The molecule has 3 heteroatoms. The van der Waals surface area contributed by atoms with Gasteiger partial charge in [-0.25, -0.2) is 0 Å². The lowest BCUT2D eigenvalue weighted by Crippen LogP contribution is -2.37. The van der Waals surface area contributed by atoms with Crippen LogP contribution in [0.1, 0.15) is 39.5 Å². The van der Waals surface area contributed by atoms with Gasteiger partial charge in [-0.1, -0.05) is 54.8 Å². The molecule has 0 radical (unpaired) electrons. The van der Waals surface area contributed by atoms with Gasteiger partial charge in [0.1, 0.15) is 5.75 Å². The molecular weight excluding hydrogens is 314 g/mol. The van der Waals surface area contributed by atoms with Gasteiger partial charge in [-0.15, -0.1) is 0 Å². The van der Waals surface area contributed by atoms with Gasteiger partial charge in [-0.2, -0.15) is 0 Å². The maximum Gasteiger partial charge on any atom is 0.142 e. The van der Waals surface area contributed by atoms with Crippen molar-refractivity contribution in [3.63, 3.8) is 0 Å². The van der Waals surface area contributed by atoms with Crippen LogP contribution in [-0.2, 0) is 0 Å². The zero-order valence-electron chi connectivity index (χ0n) is 13.3. The average molecular weight is 342 g/mol. The molecule has 0 heterocycles. The van der Waals surface area contributed by atoms with Crippen molar-refractivity contribution in [2.45, 2.75) is 39.5 Å². The summed E-state index contributed by atoms with van der Waals surface area (Å²) in [5, 5.41) is 1.06. The van der Waals surface area contributed by atoms with Crippen LogP contribution in [0.2, 0.25) is 0 Å². The largest absolute Gasteiger partial charge is 0.495 e. The Morgan fingerprint density at radius 2 is 1.75 bits per heavy atom. The van der Waals surface area contributed by atoms with Crippen LogP contribution < -0.4 is 9.64 Å². The van der Waals surface area contributed by atoms with Crippen molar-refractivity contribution in [3.8, 4) is 5.75 Å². The molecule has 0 atom stereocenters. The quantitative estimate of drug-likeness (QED) is 0.578. The van der Waals surface area contributed by atoms with E-state index in [9.17, 15) is 0 Å². The van der Waals surface area contributed by atoms with Crippen molar-refractivity contribution >= 4 is 21.6 Å². The van der Waals surface area contributed by atoms with Gasteiger partial charge < -0.3 is 9.64 Å². The SMILES string of the molecule is CCCC(CBr)(CCC)CN(C)c1ccccc1OC. The number of anilines is 1. The first-order valence-electron chi connectivity index (χ1n) is 7.52. The smallest absolute Gasteiger partial charge is 0.142 e. The van der Waals surface area contributed by atoms with E-state index in [0.29, 0.717) is 5.41 Å². The highest BCUT2D eigenvalue weighted by Gasteiger charge is 2.29. The van der Waals surface area contributed by atoms with E-state index in [1.807, 2.05) is 12.1 Å². The fourth-order valence-electron chi connectivity index (χ4n) is 3.05. The average Bonchev–Trinajstić information content (AvgIpc) is 2.47. The maximum absolute atomic E-state index is 5.48. The minimum absolute atomic E-state index is 0.346. The first-order valence-corrected chi connectivity index (χ1v) is 8.64. The number of hydrogen-bond acceptors (Lipinski definition) is 2. The molecule has 1 aromatic rings. The molecule has 0 aliphatic heterocycles. The Kier molecular flexibility index (Phi) is 7.42. The van der Waals surface area contributed by atoms with E-state index >= 15 is 0 Å². The highest BCUT2D eigenvalue weighted by Crippen LogP contribution is 2.36. The minimum Gasteiger partial charge on any atom is -0.495 e. The van der Waals surface area contributed by atoms with Crippen LogP contribution in [0.15, 0.2) is 24.3 Å². The highest BCUT2D eigenvalue weighted by molar-refractivity contribution is 9.09. The monoisotopic (exact) mass is 341 g/mol. The third-order valence-electron chi connectivity index (χ3n) is 3.91. The summed E-state index contributed by atoms with van der Waals surface area (Å²) in [6, 6.07) is 8.26. The third kappa shape index (κ3) is 4.41. The van der Waals surface area contributed by atoms with Crippen molar-refractivity contribution in [2.24, 2.45) is 5.41 Å². The highest BCUT2D eigenvalue weighted by atomic mass is 79.9. The third-order valence-corrected chi connectivity index (χ3v) is 5.10. The van der Waals surface area contributed by atoms with Gasteiger partial charge in [0.25, 0.3) is 0 Å². The molecule has 0 saturated carbocycles. The van der Waals surface area contributed by atoms with Gasteiger partial charge in [0.2, 0.25) is 0 Å². The Morgan fingerprint density at radius 3 is 2.25 bits per heavy atom. The van der Waals surface area contributed by atoms with Gasteiger partial charge in [0.15, 0.2) is 0 Å². The van der Waals surface area contributed by atoms with Crippen LogP contribution in [0, 0.1) is 5.41 Å². The summed E-state index contributed by atoms with van der Waals surface area (Å²) in [4.78, 5) is 2.34. The number of halogens is 1. The fourth-order valence-corrected chi connectivity index (χ4v) is 3.79. The molecule has 0 spiro atoms. The lowest BCUT2D eigenvalue weighted by molar-refractivity contribution is 0.282. The van der Waals surface area contributed by atoms with Crippen LogP contribution in [0.5, 0.6) is 5.75 Å². The van der Waals surface area contributed by atoms with Gasteiger partial charge in [-0.05, 0) is 30.4 Å². The molecule has 0 amide bonds. The van der Waals surface area contributed by atoms with E-state index in [0.717, 1.165) is 17.6 Å². The van der Waals surface area contributed by atoms with Gasteiger partial charge in [-0.3, -0.25) is 0 Å². The molecule has 20 heavy (non-hydrogen) atoms. The first-order chi connectivity index (χ1) is 9.62. The van der Waals surface area contributed by atoms with E-state index in [1.54, 1.807) is 7.11 Å². The predicted octanol–water partition coefficient (Wildman–Crippen LogP) is 5.11. The lowest BCUT2D eigenvalue weighted by atomic mass is 9.80. The molecule has 1 aromatic carbocycles. The van der Waals surface area contributed by atoms with Crippen molar-refractivity contribution < 1.29 is 4.74 Å². The van der Waals surface area contributed by atoms with E-state index in [2.05, 4.69) is 53.9 Å². The Hall–Kier alpha value is -0.700. The molecule has 0 aliphatic carbocycles. The predicted molar refractivity (Wildman–Crippen MR) is 92.3 cm³/mol. The maximum atomic E-state index is 5.48. The zero-order chi connectivity index (χ0) is 15.0. The second-order valence-electron chi connectivity index (χ2n) is 5.66. The summed E-state index contributed by atoms with van der Waals surface area (Å²) in [6.07, 6.45) is 4.97. The van der Waals surface area contributed by atoms with Gasteiger partial charge >= 0.3 is 0 Å². The van der Waals surface area contributed by atoms with Gasteiger partial charge in [0, 0.05) is 18.9 Å². The number of nitrogens with zero attached hydrogens (tertiary/aromatic N) is 1. The van der Waals surface area contributed by atoms with E-state index < -0.39 is 0 Å². The Labute approximate surface area is 132 Å². The number of rotatable bonds is 9. The number of benzene rings is 1. The standard InChI is InChI=1S/C17H28BrNO/c1-5-11-17(13-18,12-6-2)14-19(3)15-9-7-8-10-16(15)20-4/h7-10H,5-6,11-14H2,1-4H3. The van der Waals surface area contributed by atoms with Gasteiger partial charge in [0.05, 0.1) is 12.8 Å². The van der Waals surface area contributed by atoms with E-state index in [-0.39, 0.29) is 0 Å². The molecule has 0 aliphatic rings. The molecule has 114 valence electrons. The summed E-state index contributed by atoms with van der Waals surface area (Å²) in [5.74, 6) is 0.950. The molecule has 0 fully saturated rings. The van der Waals surface area contributed by atoms with Crippen LogP contribution in [0.4, 0.5) is 5.69 Å². The van der Waals surface area contributed by atoms with Crippen LogP contribution in [-0.4, -0.2) is 26.0 Å². The molecule has 2 nitrogen and oxygen atoms in total. The minimum atomic E-state index is 0.346. The number of para-hydroxylation sites is 2. The van der Waals surface area contributed by atoms with Crippen molar-refractivity contribution in [2.75, 3.05) is 30.9 Å². The number of methoxy groups -OCH3 is 1. The normalized spacial score (nSPS) is 11.4. The summed E-state index contributed by atoms with van der Waals surface area (Å²) in [7, 11) is 3.91. The molecule has 0 N–H and O–H groups in total. The Balaban J connectivity index is 2.92. The van der Waals surface area contributed by atoms with Crippen LogP contribution >= 0.6 is 15.9 Å². The number of ether oxygens (including phenoxy) is 1. The van der Waals surface area contributed by atoms with Crippen LogP contribution in [0.3, 0.4) is 0 Å². The Bertz CT molecular complexity index is 388. The molecule has 1 rings (SSSR count). The van der Waals surface area contributed by atoms with E-state index in [4.69, 9.17) is 4.74 Å². The number of hydrogen-bond donors (Lipinski definition) is 0. The van der Waals surface area contributed by atoms with E-state index in [1.165, 1.54) is 31.4 Å². The molecule has 0 saturated heterocycles. The van der Waals surface area contributed by atoms with Crippen molar-refractivity contribution in [1.82, 2.24) is 0 Å². The topological polar surface area (TPSA) is 12.5 Å². The number of alkyl halides is 1. The summed E-state index contributed by atoms with van der Waals surface area (Å²) in [6.45, 7) is 5.60. The van der Waals surface area contributed by atoms with Crippen molar-refractivity contribution in [3.05, 3.63) is 24.3 Å². The molecule has 0 aromatic heterocycles. The summed E-state index contributed by atoms with van der Waals surface area (Å²) in [5.41, 5.74) is 1.52. The zero-order valence-corrected chi connectivity index (χ0v) is 14.9. The lowest BCUT2D eigenvalue weighted by Gasteiger charge is -2.37.